The third-order valence-electron chi connectivity index (χ3n) is 3.40. The highest BCUT2D eigenvalue weighted by Gasteiger charge is 2.37. The second-order valence-corrected chi connectivity index (χ2v) is 4.58. The molecule has 2 rings (SSSR count). The topological polar surface area (TPSA) is 57.6 Å². The molecular weight excluding hydrogens is 237 g/mol. The number of hydrogen-bond acceptors (Lipinski definition) is 2. The molecule has 1 N–H and O–H groups in total. The first-order valence-electron chi connectivity index (χ1n) is 5.77. The van der Waals surface area contributed by atoms with Crippen molar-refractivity contribution in [2.24, 2.45) is 11.8 Å². The van der Waals surface area contributed by atoms with Crippen molar-refractivity contribution >= 4 is 11.9 Å². The molecule has 0 bridgehead atoms. The van der Waals surface area contributed by atoms with E-state index in [1.165, 1.54) is 23.1 Å². The Morgan fingerprint density at radius 2 is 2.00 bits per heavy atom. The normalized spacial score (nSPS) is 17.1. The van der Waals surface area contributed by atoms with E-state index in [2.05, 4.69) is 0 Å². The van der Waals surface area contributed by atoms with E-state index in [1.54, 1.807) is 13.0 Å². The summed E-state index contributed by atoms with van der Waals surface area (Å²) in [6, 6.07) is 5.81. The largest absolute Gasteiger partial charge is 0.481 e. The second kappa shape index (κ2) is 4.76. The average molecular weight is 251 g/mol. The van der Waals surface area contributed by atoms with Gasteiger partial charge in [-0.2, -0.15) is 0 Å². The van der Waals surface area contributed by atoms with Crippen molar-refractivity contribution in [2.45, 2.75) is 6.92 Å². The summed E-state index contributed by atoms with van der Waals surface area (Å²) in [5, 5.41) is 8.84. The van der Waals surface area contributed by atoms with Gasteiger partial charge in [-0.25, -0.2) is 4.39 Å². The highest BCUT2D eigenvalue weighted by atomic mass is 19.1. The maximum atomic E-state index is 13.4. The van der Waals surface area contributed by atoms with Gasteiger partial charge in [0, 0.05) is 19.0 Å². The molecule has 1 aromatic rings. The van der Waals surface area contributed by atoms with E-state index in [0.29, 0.717) is 13.1 Å². The van der Waals surface area contributed by atoms with Crippen molar-refractivity contribution < 1.29 is 19.1 Å². The van der Waals surface area contributed by atoms with Crippen LogP contribution in [0.3, 0.4) is 0 Å². The number of benzene rings is 1. The van der Waals surface area contributed by atoms with Crippen LogP contribution in [0.2, 0.25) is 0 Å². The molecule has 0 spiro atoms. The molecule has 0 aromatic heterocycles. The van der Waals surface area contributed by atoms with Gasteiger partial charge in [0.05, 0.1) is 11.5 Å². The molecule has 5 heteroatoms. The quantitative estimate of drug-likeness (QED) is 0.888. The van der Waals surface area contributed by atoms with Crippen LogP contribution in [0.4, 0.5) is 4.39 Å². The predicted octanol–water partition coefficient (Wildman–Crippen LogP) is 1.62. The summed E-state index contributed by atoms with van der Waals surface area (Å²) < 4.78 is 13.4. The highest BCUT2D eigenvalue weighted by Crippen LogP contribution is 2.26. The van der Waals surface area contributed by atoms with Crippen molar-refractivity contribution in [1.29, 1.82) is 0 Å². The lowest BCUT2D eigenvalue weighted by molar-refractivity contribution is -0.144. The molecule has 4 nitrogen and oxygen atoms in total. The van der Waals surface area contributed by atoms with Crippen LogP contribution in [0.25, 0.3) is 0 Å². The number of carboxylic acid groups (broad SMARTS) is 1. The SMILES string of the molecule is CC(C(=O)O)C1CN(C(=O)c2ccccc2F)C1. The fourth-order valence-electron chi connectivity index (χ4n) is 2.00. The van der Waals surface area contributed by atoms with Gasteiger partial charge >= 0.3 is 5.97 Å². The molecule has 1 heterocycles. The number of amides is 1. The Labute approximate surface area is 104 Å². The highest BCUT2D eigenvalue weighted by molar-refractivity contribution is 5.95. The molecule has 1 aromatic carbocycles. The zero-order chi connectivity index (χ0) is 13.3. The van der Waals surface area contributed by atoms with E-state index in [4.69, 9.17) is 5.11 Å². The van der Waals surface area contributed by atoms with Crippen LogP contribution in [0, 0.1) is 17.7 Å². The number of nitrogens with zero attached hydrogens (tertiary/aromatic N) is 1. The fourth-order valence-corrected chi connectivity index (χ4v) is 2.00. The van der Waals surface area contributed by atoms with Gasteiger partial charge < -0.3 is 10.0 Å². The Balaban J connectivity index is 1.99. The minimum atomic E-state index is -0.863. The fraction of sp³-hybridized carbons (Fsp3) is 0.385. The average Bonchev–Trinajstić information content (AvgIpc) is 2.27. The molecule has 1 aliphatic rings. The van der Waals surface area contributed by atoms with Gasteiger partial charge in [0.2, 0.25) is 0 Å². The first-order chi connectivity index (χ1) is 8.50. The van der Waals surface area contributed by atoms with Crippen LogP contribution >= 0.6 is 0 Å². The number of carboxylic acids is 1. The molecule has 1 aliphatic heterocycles. The summed E-state index contributed by atoms with van der Waals surface area (Å²) in [5.41, 5.74) is 0.0407. The zero-order valence-corrected chi connectivity index (χ0v) is 9.97. The molecule has 1 amide bonds. The number of rotatable bonds is 3. The van der Waals surface area contributed by atoms with E-state index in [1.807, 2.05) is 0 Å². The Kier molecular flexibility index (Phi) is 3.32. The molecule has 1 unspecified atom stereocenters. The van der Waals surface area contributed by atoms with Crippen LogP contribution in [0.15, 0.2) is 24.3 Å². The van der Waals surface area contributed by atoms with E-state index < -0.39 is 17.7 Å². The Morgan fingerprint density at radius 3 is 2.56 bits per heavy atom. The van der Waals surface area contributed by atoms with Gasteiger partial charge in [-0.3, -0.25) is 9.59 Å². The monoisotopic (exact) mass is 251 g/mol. The standard InChI is InChI=1S/C13H14FNO3/c1-8(13(17)18)9-6-15(7-9)12(16)10-4-2-3-5-11(10)14/h2-5,8-9H,6-7H2,1H3,(H,17,18). The van der Waals surface area contributed by atoms with Gasteiger partial charge in [-0.05, 0) is 12.1 Å². The lowest BCUT2D eigenvalue weighted by atomic mass is 9.86. The lowest BCUT2D eigenvalue weighted by Crippen LogP contribution is -2.53. The van der Waals surface area contributed by atoms with Gasteiger partial charge in [-0.1, -0.05) is 19.1 Å². The van der Waals surface area contributed by atoms with Gasteiger partial charge in [0.15, 0.2) is 0 Å². The molecule has 1 saturated heterocycles. The summed E-state index contributed by atoms with van der Waals surface area (Å²) in [6.07, 6.45) is 0. The molecular formula is C13H14FNO3. The maximum Gasteiger partial charge on any atom is 0.306 e. The van der Waals surface area contributed by atoms with Crippen LogP contribution in [0.1, 0.15) is 17.3 Å². The van der Waals surface area contributed by atoms with Crippen molar-refractivity contribution in [2.75, 3.05) is 13.1 Å². The summed E-state index contributed by atoms with van der Waals surface area (Å²) in [7, 11) is 0. The molecule has 1 fully saturated rings. The van der Waals surface area contributed by atoms with Gasteiger partial charge in [0.25, 0.3) is 5.91 Å². The van der Waals surface area contributed by atoms with Gasteiger partial charge in [-0.15, -0.1) is 0 Å². The zero-order valence-electron chi connectivity index (χ0n) is 9.97. The van der Waals surface area contributed by atoms with Crippen LogP contribution in [-0.4, -0.2) is 35.0 Å². The minimum Gasteiger partial charge on any atom is -0.481 e. The smallest absolute Gasteiger partial charge is 0.306 e. The van der Waals surface area contributed by atoms with Crippen molar-refractivity contribution in [1.82, 2.24) is 4.90 Å². The summed E-state index contributed by atoms with van der Waals surface area (Å²) >= 11 is 0. The summed E-state index contributed by atoms with van der Waals surface area (Å²) in [5.74, 6) is -2.30. The summed E-state index contributed by atoms with van der Waals surface area (Å²) in [4.78, 5) is 24.2. The Bertz CT molecular complexity index is 483. The predicted molar refractivity (Wildman–Crippen MR) is 62.6 cm³/mol. The maximum absolute atomic E-state index is 13.4. The number of likely N-dealkylation sites (tertiary alicyclic amines) is 1. The van der Waals surface area contributed by atoms with E-state index in [9.17, 15) is 14.0 Å². The molecule has 0 aliphatic carbocycles. The van der Waals surface area contributed by atoms with Crippen molar-refractivity contribution in [3.8, 4) is 0 Å². The van der Waals surface area contributed by atoms with E-state index in [0.717, 1.165) is 0 Å². The molecule has 96 valence electrons. The van der Waals surface area contributed by atoms with E-state index in [-0.39, 0.29) is 17.4 Å². The third kappa shape index (κ3) is 2.20. The molecule has 0 radical (unpaired) electrons. The number of halogens is 1. The molecule has 0 saturated carbocycles. The first kappa shape index (κ1) is 12.5. The number of hydrogen-bond donors (Lipinski definition) is 1. The first-order valence-corrected chi connectivity index (χ1v) is 5.77. The van der Waals surface area contributed by atoms with E-state index >= 15 is 0 Å². The van der Waals surface area contributed by atoms with Crippen LogP contribution in [0.5, 0.6) is 0 Å². The minimum absolute atomic E-state index is 0.0407. The Hall–Kier alpha value is -1.91. The van der Waals surface area contributed by atoms with Crippen LogP contribution < -0.4 is 0 Å². The third-order valence-corrected chi connectivity index (χ3v) is 3.40. The van der Waals surface area contributed by atoms with Crippen molar-refractivity contribution in [3.63, 3.8) is 0 Å². The number of carbonyl (C=O) groups is 2. The number of carbonyl (C=O) groups excluding carboxylic acids is 1. The van der Waals surface area contributed by atoms with Crippen LogP contribution in [-0.2, 0) is 4.79 Å². The van der Waals surface area contributed by atoms with Gasteiger partial charge in [0.1, 0.15) is 5.82 Å². The Morgan fingerprint density at radius 1 is 1.39 bits per heavy atom. The molecule has 18 heavy (non-hydrogen) atoms. The lowest BCUT2D eigenvalue weighted by Gasteiger charge is -2.41. The molecule has 1 atom stereocenters. The second-order valence-electron chi connectivity index (χ2n) is 4.58. The summed E-state index contributed by atoms with van der Waals surface area (Å²) in [6.45, 7) is 2.37. The number of aliphatic carboxylic acids is 1. The van der Waals surface area contributed by atoms with Crippen molar-refractivity contribution in [3.05, 3.63) is 35.6 Å².